The van der Waals surface area contributed by atoms with E-state index in [4.69, 9.17) is 5.11 Å². The molecule has 0 spiro atoms. The Bertz CT molecular complexity index is 448. The number of hydrogen-bond acceptors (Lipinski definition) is 2. The molecule has 0 saturated carbocycles. The average Bonchev–Trinajstić information content (AvgIpc) is 2.32. The van der Waals surface area contributed by atoms with Crippen LogP contribution in [0, 0.1) is 13.8 Å². The van der Waals surface area contributed by atoms with Gasteiger partial charge in [-0.3, -0.25) is 9.59 Å². The highest BCUT2D eigenvalue weighted by Crippen LogP contribution is 2.18. The van der Waals surface area contributed by atoms with Crippen LogP contribution in [0.5, 0.6) is 0 Å². The van der Waals surface area contributed by atoms with Crippen LogP contribution in [0.3, 0.4) is 0 Å². The lowest BCUT2D eigenvalue weighted by atomic mass is 10.1. The maximum Gasteiger partial charge on any atom is 0.303 e. The summed E-state index contributed by atoms with van der Waals surface area (Å²) in [6.07, 6.45) is 1.67. The van der Waals surface area contributed by atoms with Crippen molar-refractivity contribution in [3.05, 3.63) is 29.3 Å². The van der Waals surface area contributed by atoms with Crippen LogP contribution in [-0.2, 0) is 9.59 Å². The highest BCUT2D eigenvalue weighted by molar-refractivity contribution is 5.92. The Balaban J connectivity index is 2.54. The van der Waals surface area contributed by atoms with E-state index < -0.39 is 5.97 Å². The minimum absolute atomic E-state index is 0.0235. The summed E-state index contributed by atoms with van der Waals surface area (Å²) in [7, 11) is 1.76. The molecule has 0 radical (unpaired) electrons. The third kappa shape index (κ3) is 5.12. The molecule has 0 bridgehead atoms. The Hall–Kier alpha value is -1.84. The molecule has 1 N–H and O–H groups in total. The van der Waals surface area contributed by atoms with Crippen molar-refractivity contribution < 1.29 is 14.7 Å². The fourth-order valence-electron chi connectivity index (χ4n) is 2.01. The first kappa shape index (κ1) is 15.2. The molecule has 4 nitrogen and oxygen atoms in total. The summed E-state index contributed by atoms with van der Waals surface area (Å²) in [4.78, 5) is 24.0. The number of rotatable bonds is 6. The molecular formula is C15H21NO3. The summed E-state index contributed by atoms with van der Waals surface area (Å²) in [5.41, 5.74) is 3.14. The van der Waals surface area contributed by atoms with E-state index in [1.807, 2.05) is 26.0 Å². The third-order valence-electron chi connectivity index (χ3n) is 3.00. The van der Waals surface area contributed by atoms with E-state index >= 15 is 0 Å². The zero-order valence-corrected chi connectivity index (χ0v) is 11.8. The molecule has 1 amide bonds. The van der Waals surface area contributed by atoms with Crippen molar-refractivity contribution in [3.63, 3.8) is 0 Å². The second kappa shape index (κ2) is 6.92. The summed E-state index contributed by atoms with van der Waals surface area (Å²) in [5, 5.41) is 8.53. The Morgan fingerprint density at radius 3 is 2.11 bits per heavy atom. The Morgan fingerprint density at radius 2 is 1.58 bits per heavy atom. The fourth-order valence-corrected chi connectivity index (χ4v) is 2.01. The van der Waals surface area contributed by atoms with Gasteiger partial charge >= 0.3 is 5.97 Å². The molecule has 0 fully saturated rings. The first-order chi connectivity index (χ1) is 8.90. The molecule has 1 aromatic carbocycles. The van der Waals surface area contributed by atoms with Crippen LogP contribution >= 0.6 is 0 Å². The van der Waals surface area contributed by atoms with Gasteiger partial charge in [0.15, 0.2) is 0 Å². The van der Waals surface area contributed by atoms with E-state index in [-0.39, 0.29) is 12.3 Å². The average molecular weight is 263 g/mol. The SMILES string of the molecule is Cc1cc(C)cc(N(C)C(=O)CCCCC(=O)O)c1. The molecule has 4 heteroatoms. The number of aliphatic carboxylic acids is 1. The topological polar surface area (TPSA) is 57.6 Å². The minimum atomic E-state index is -0.810. The molecule has 0 aromatic heterocycles. The van der Waals surface area contributed by atoms with Gasteiger partial charge in [0, 0.05) is 25.6 Å². The number of carbonyl (C=O) groups is 2. The van der Waals surface area contributed by atoms with Gasteiger partial charge in [0.25, 0.3) is 0 Å². The van der Waals surface area contributed by atoms with Crippen LogP contribution in [0.1, 0.15) is 36.8 Å². The van der Waals surface area contributed by atoms with Crippen LogP contribution in [-0.4, -0.2) is 24.0 Å². The van der Waals surface area contributed by atoms with Crippen molar-refractivity contribution >= 4 is 17.6 Å². The number of aryl methyl sites for hydroxylation is 2. The lowest BCUT2D eigenvalue weighted by Crippen LogP contribution is -2.26. The first-order valence-electron chi connectivity index (χ1n) is 6.47. The van der Waals surface area contributed by atoms with Crippen molar-refractivity contribution in [2.75, 3.05) is 11.9 Å². The van der Waals surface area contributed by atoms with Crippen LogP contribution in [0.2, 0.25) is 0 Å². The number of carbonyl (C=O) groups excluding carboxylic acids is 1. The normalized spacial score (nSPS) is 10.3. The second-order valence-electron chi connectivity index (χ2n) is 4.90. The quantitative estimate of drug-likeness (QED) is 0.803. The van der Waals surface area contributed by atoms with Crippen molar-refractivity contribution in [2.24, 2.45) is 0 Å². The predicted molar refractivity (Wildman–Crippen MR) is 75.4 cm³/mol. The van der Waals surface area contributed by atoms with Crippen molar-refractivity contribution in [1.29, 1.82) is 0 Å². The number of carboxylic acid groups (broad SMARTS) is 1. The molecule has 0 unspecified atom stereocenters. The van der Waals surface area contributed by atoms with Crippen LogP contribution in [0.4, 0.5) is 5.69 Å². The largest absolute Gasteiger partial charge is 0.481 e. The summed E-state index contributed by atoms with van der Waals surface area (Å²) in [5.74, 6) is -0.787. The van der Waals surface area contributed by atoms with Crippen LogP contribution in [0.15, 0.2) is 18.2 Å². The summed E-state index contributed by atoms with van der Waals surface area (Å²) < 4.78 is 0. The lowest BCUT2D eigenvalue weighted by molar-refractivity contribution is -0.137. The first-order valence-corrected chi connectivity index (χ1v) is 6.47. The molecule has 0 aliphatic carbocycles. The van der Waals surface area contributed by atoms with Gasteiger partial charge < -0.3 is 10.0 Å². The Kier molecular flexibility index (Phi) is 5.55. The van der Waals surface area contributed by atoms with Gasteiger partial charge in [-0.25, -0.2) is 0 Å². The molecule has 0 aliphatic heterocycles. The highest BCUT2D eigenvalue weighted by Gasteiger charge is 2.11. The standard InChI is InChI=1S/C15H21NO3/c1-11-8-12(2)10-13(9-11)16(3)14(17)6-4-5-7-15(18)19/h8-10H,4-7H2,1-3H3,(H,18,19). The van der Waals surface area contributed by atoms with E-state index in [9.17, 15) is 9.59 Å². The number of benzene rings is 1. The molecule has 19 heavy (non-hydrogen) atoms. The van der Waals surface area contributed by atoms with E-state index in [1.165, 1.54) is 0 Å². The fraction of sp³-hybridized carbons (Fsp3) is 0.467. The van der Waals surface area contributed by atoms with Gasteiger partial charge in [0.05, 0.1) is 0 Å². The Morgan fingerprint density at radius 1 is 1.05 bits per heavy atom. The second-order valence-corrected chi connectivity index (χ2v) is 4.90. The van der Waals surface area contributed by atoms with Crippen LogP contribution < -0.4 is 4.90 Å². The van der Waals surface area contributed by atoms with E-state index in [2.05, 4.69) is 6.07 Å². The smallest absolute Gasteiger partial charge is 0.303 e. The van der Waals surface area contributed by atoms with Crippen molar-refractivity contribution in [1.82, 2.24) is 0 Å². The Labute approximate surface area is 114 Å². The van der Waals surface area contributed by atoms with Crippen molar-refractivity contribution in [2.45, 2.75) is 39.5 Å². The number of nitrogens with zero attached hydrogens (tertiary/aromatic N) is 1. The molecular weight excluding hydrogens is 242 g/mol. The maximum atomic E-state index is 12.0. The zero-order chi connectivity index (χ0) is 14.4. The number of anilines is 1. The summed E-state index contributed by atoms with van der Waals surface area (Å²) >= 11 is 0. The highest BCUT2D eigenvalue weighted by atomic mass is 16.4. The number of unbranched alkanes of at least 4 members (excludes halogenated alkanes) is 1. The van der Waals surface area contributed by atoms with Gasteiger partial charge in [-0.2, -0.15) is 0 Å². The van der Waals surface area contributed by atoms with Crippen molar-refractivity contribution in [3.8, 4) is 0 Å². The summed E-state index contributed by atoms with van der Waals surface area (Å²) in [6, 6.07) is 6.01. The zero-order valence-electron chi connectivity index (χ0n) is 11.8. The number of amides is 1. The number of hydrogen-bond donors (Lipinski definition) is 1. The van der Waals surface area contributed by atoms with Crippen LogP contribution in [0.25, 0.3) is 0 Å². The minimum Gasteiger partial charge on any atom is -0.481 e. The summed E-state index contributed by atoms with van der Waals surface area (Å²) in [6.45, 7) is 4.00. The van der Waals surface area contributed by atoms with Gasteiger partial charge in [-0.15, -0.1) is 0 Å². The number of carboxylic acids is 1. The predicted octanol–water partition coefficient (Wildman–Crippen LogP) is 2.91. The van der Waals surface area contributed by atoms with Gasteiger partial charge in [-0.05, 0) is 49.9 Å². The van der Waals surface area contributed by atoms with Gasteiger partial charge in [-0.1, -0.05) is 6.07 Å². The van der Waals surface area contributed by atoms with E-state index in [0.29, 0.717) is 19.3 Å². The van der Waals surface area contributed by atoms with E-state index in [1.54, 1.807) is 11.9 Å². The van der Waals surface area contributed by atoms with E-state index in [0.717, 1.165) is 16.8 Å². The lowest BCUT2D eigenvalue weighted by Gasteiger charge is -2.18. The van der Waals surface area contributed by atoms with Gasteiger partial charge in [0.2, 0.25) is 5.91 Å². The monoisotopic (exact) mass is 263 g/mol. The molecule has 0 aliphatic rings. The molecule has 0 atom stereocenters. The van der Waals surface area contributed by atoms with Gasteiger partial charge in [0.1, 0.15) is 0 Å². The molecule has 0 heterocycles. The molecule has 1 rings (SSSR count). The molecule has 104 valence electrons. The third-order valence-corrected chi connectivity index (χ3v) is 3.00. The maximum absolute atomic E-state index is 12.0. The molecule has 0 saturated heterocycles. The molecule has 1 aromatic rings.